The van der Waals surface area contributed by atoms with Crippen molar-refractivity contribution in [2.24, 2.45) is 0 Å². The number of carbonyl (C=O) groups is 1. The van der Waals surface area contributed by atoms with Gasteiger partial charge in [-0.05, 0) is 60.5 Å². The molecule has 2 aromatic carbocycles. The van der Waals surface area contributed by atoms with Gasteiger partial charge in [0.05, 0.1) is 0 Å². The molecule has 1 heterocycles. The van der Waals surface area contributed by atoms with Crippen molar-refractivity contribution < 1.29 is 9.21 Å². The first-order chi connectivity index (χ1) is 13.0. The van der Waals surface area contributed by atoms with E-state index in [2.05, 4.69) is 41.6 Å². The Kier molecular flexibility index (Phi) is 5.86. The van der Waals surface area contributed by atoms with E-state index in [9.17, 15) is 4.79 Å². The van der Waals surface area contributed by atoms with E-state index in [0.29, 0.717) is 18.2 Å². The summed E-state index contributed by atoms with van der Waals surface area (Å²) in [7, 11) is 0. The fourth-order valence-electron chi connectivity index (χ4n) is 2.72. The smallest absolute Gasteiger partial charge is 0.227 e. The Morgan fingerprint density at radius 2 is 2.04 bits per heavy atom. The average Bonchev–Trinajstić information content (AvgIpc) is 3.10. The summed E-state index contributed by atoms with van der Waals surface area (Å²) >= 11 is 5.16. The predicted molar refractivity (Wildman–Crippen MR) is 113 cm³/mol. The number of rotatable bonds is 5. The van der Waals surface area contributed by atoms with Crippen molar-refractivity contribution in [1.82, 2.24) is 10.3 Å². The third-order valence-corrected chi connectivity index (χ3v) is 4.74. The Hall–Kier alpha value is -2.73. The number of fused-ring (bicyclic) bond motifs is 1. The summed E-state index contributed by atoms with van der Waals surface area (Å²) in [6.07, 6.45) is 1.46. The Morgan fingerprint density at radius 3 is 2.78 bits per heavy atom. The standard InChI is InChI=1S/C21H23N3O2S/c1-4-13(3)14-9-10-18-17(12-14)23-20(26-18)15-7-6-8-16(11-15)22-21(27)24-19(25)5-2/h6-13H,4-5H2,1-3H3,(H2,22,24,25,27)/t13-/m0/s1. The van der Waals surface area contributed by atoms with Crippen LogP contribution >= 0.6 is 12.2 Å². The van der Waals surface area contributed by atoms with Gasteiger partial charge in [0, 0.05) is 17.7 Å². The van der Waals surface area contributed by atoms with Crippen LogP contribution < -0.4 is 10.6 Å². The molecule has 0 unspecified atom stereocenters. The molecule has 0 aliphatic rings. The summed E-state index contributed by atoms with van der Waals surface area (Å²) in [5.41, 5.74) is 4.48. The lowest BCUT2D eigenvalue weighted by Gasteiger charge is -2.09. The van der Waals surface area contributed by atoms with Gasteiger partial charge >= 0.3 is 0 Å². The summed E-state index contributed by atoms with van der Waals surface area (Å²) in [5, 5.41) is 5.91. The number of benzene rings is 2. The first-order valence-corrected chi connectivity index (χ1v) is 9.52. The highest BCUT2D eigenvalue weighted by atomic mass is 32.1. The molecular weight excluding hydrogens is 358 g/mol. The van der Waals surface area contributed by atoms with Crippen LogP contribution in [0.25, 0.3) is 22.6 Å². The molecule has 5 nitrogen and oxygen atoms in total. The van der Waals surface area contributed by atoms with E-state index < -0.39 is 0 Å². The number of carbonyl (C=O) groups excluding carboxylic acids is 1. The summed E-state index contributed by atoms with van der Waals surface area (Å²) in [6, 6.07) is 13.7. The molecule has 3 rings (SSSR count). The van der Waals surface area contributed by atoms with Gasteiger partial charge in [0.2, 0.25) is 11.8 Å². The van der Waals surface area contributed by atoms with E-state index >= 15 is 0 Å². The van der Waals surface area contributed by atoms with Gasteiger partial charge < -0.3 is 15.1 Å². The maximum Gasteiger partial charge on any atom is 0.227 e. The largest absolute Gasteiger partial charge is 0.436 e. The van der Waals surface area contributed by atoms with Crippen LogP contribution in [0.5, 0.6) is 0 Å². The summed E-state index contributed by atoms with van der Waals surface area (Å²) in [4.78, 5) is 16.1. The number of anilines is 1. The fourth-order valence-corrected chi connectivity index (χ4v) is 2.95. The zero-order valence-electron chi connectivity index (χ0n) is 15.7. The molecule has 0 bridgehead atoms. The number of amides is 1. The van der Waals surface area contributed by atoms with Crippen LogP contribution in [-0.2, 0) is 4.79 Å². The number of aromatic nitrogens is 1. The molecule has 0 fully saturated rings. The third kappa shape index (κ3) is 4.52. The zero-order chi connectivity index (χ0) is 19.4. The quantitative estimate of drug-likeness (QED) is 0.592. The van der Waals surface area contributed by atoms with Crippen LogP contribution in [0.2, 0.25) is 0 Å². The van der Waals surface area contributed by atoms with Crippen LogP contribution in [0.4, 0.5) is 5.69 Å². The van der Waals surface area contributed by atoms with E-state index in [1.165, 1.54) is 5.56 Å². The van der Waals surface area contributed by atoms with E-state index in [0.717, 1.165) is 28.8 Å². The highest BCUT2D eigenvalue weighted by molar-refractivity contribution is 7.80. The minimum absolute atomic E-state index is 0.125. The lowest BCUT2D eigenvalue weighted by atomic mass is 9.98. The van der Waals surface area contributed by atoms with Crippen LogP contribution in [0.3, 0.4) is 0 Å². The number of oxazole rings is 1. The van der Waals surface area contributed by atoms with Gasteiger partial charge in [-0.1, -0.05) is 32.9 Å². The Balaban J connectivity index is 1.84. The number of hydrogen-bond acceptors (Lipinski definition) is 4. The van der Waals surface area contributed by atoms with Crippen LogP contribution in [0, 0.1) is 0 Å². The minimum Gasteiger partial charge on any atom is -0.436 e. The predicted octanol–water partition coefficient (Wildman–Crippen LogP) is 5.23. The average molecular weight is 382 g/mol. The molecule has 6 heteroatoms. The van der Waals surface area contributed by atoms with Gasteiger partial charge in [-0.15, -0.1) is 0 Å². The molecule has 27 heavy (non-hydrogen) atoms. The first-order valence-electron chi connectivity index (χ1n) is 9.12. The van der Waals surface area contributed by atoms with E-state index in [1.54, 1.807) is 6.92 Å². The molecule has 1 amide bonds. The van der Waals surface area contributed by atoms with Gasteiger partial charge in [-0.3, -0.25) is 4.79 Å². The molecule has 0 saturated heterocycles. The van der Waals surface area contributed by atoms with Gasteiger partial charge in [0.25, 0.3) is 0 Å². The molecule has 0 aliphatic heterocycles. The maximum atomic E-state index is 11.4. The van der Waals surface area contributed by atoms with Crippen molar-refractivity contribution in [3.05, 3.63) is 48.0 Å². The number of hydrogen-bond donors (Lipinski definition) is 2. The summed E-state index contributed by atoms with van der Waals surface area (Å²) in [6.45, 7) is 6.16. The maximum absolute atomic E-state index is 11.4. The molecular formula is C21H23N3O2S. The Bertz CT molecular complexity index is 980. The van der Waals surface area contributed by atoms with Gasteiger partial charge in [-0.2, -0.15) is 0 Å². The monoisotopic (exact) mass is 381 g/mol. The van der Waals surface area contributed by atoms with Crippen molar-refractivity contribution in [2.45, 2.75) is 39.5 Å². The molecule has 0 radical (unpaired) electrons. The summed E-state index contributed by atoms with van der Waals surface area (Å²) in [5.74, 6) is 0.916. The van der Waals surface area contributed by atoms with Gasteiger partial charge in [0.15, 0.2) is 10.7 Å². The van der Waals surface area contributed by atoms with E-state index in [4.69, 9.17) is 16.6 Å². The van der Waals surface area contributed by atoms with Crippen molar-refractivity contribution in [3.8, 4) is 11.5 Å². The lowest BCUT2D eigenvalue weighted by molar-refractivity contribution is -0.119. The molecule has 3 aromatic rings. The van der Waals surface area contributed by atoms with Crippen LogP contribution in [-0.4, -0.2) is 16.0 Å². The highest BCUT2D eigenvalue weighted by Crippen LogP contribution is 2.29. The fraction of sp³-hybridized carbons (Fsp3) is 0.286. The Labute approximate surface area is 164 Å². The van der Waals surface area contributed by atoms with Crippen LogP contribution in [0.15, 0.2) is 46.9 Å². The highest BCUT2D eigenvalue weighted by Gasteiger charge is 2.12. The Morgan fingerprint density at radius 1 is 1.22 bits per heavy atom. The van der Waals surface area contributed by atoms with Crippen molar-refractivity contribution >= 4 is 40.0 Å². The molecule has 0 saturated carbocycles. The number of nitrogens with one attached hydrogen (secondary N) is 2. The molecule has 0 spiro atoms. The normalized spacial score (nSPS) is 12.0. The topological polar surface area (TPSA) is 67.2 Å². The number of thiocarbonyl (C=S) groups is 1. The van der Waals surface area contributed by atoms with Crippen molar-refractivity contribution in [3.63, 3.8) is 0 Å². The van der Waals surface area contributed by atoms with Crippen LogP contribution in [0.1, 0.15) is 45.1 Å². The SMILES string of the molecule is CCC(=O)NC(=S)Nc1cccc(-c2nc3cc([C@@H](C)CC)ccc3o2)c1. The van der Waals surface area contributed by atoms with E-state index in [1.807, 2.05) is 30.3 Å². The summed E-state index contributed by atoms with van der Waals surface area (Å²) < 4.78 is 5.92. The lowest BCUT2D eigenvalue weighted by Crippen LogP contribution is -2.33. The molecule has 1 atom stereocenters. The molecule has 0 aliphatic carbocycles. The molecule has 140 valence electrons. The van der Waals surface area contributed by atoms with Crippen molar-refractivity contribution in [1.29, 1.82) is 0 Å². The number of nitrogens with zero attached hydrogens (tertiary/aromatic N) is 1. The third-order valence-electron chi connectivity index (χ3n) is 4.53. The second-order valence-corrected chi connectivity index (χ2v) is 6.90. The van der Waals surface area contributed by atoms with E-state index in [-0.39, 0.29) is 11.0 Å². The van der Waals surface area contributed by atoms with Gasteiger partial charge in [-0.25, -0.2) is 4.98 Å². The second-order valence-electron chi connectivity index (χ2n) is 6.49. The molecule has 2 N–H and O–H groups in total. The van der Waals surface area contributed by atoms with Gasteiger partial charge in [0.1, 0.15) is 5.52 Å². The zero-order valence-corrected chi connectivity index (χ0v) is 16.5. The first kappa shape index (κ1) is 19.0. The van der Waals surface area contributed by atoms with Crippen molar-refractivity contribution in [2.75, 3.05) is 5.32 Å². The second kappa shape index (κ2) is 8.31. The molecule has 1 aromatic heterocycles. The minimum atomic E-state index is -0.125.